The highest BCUT2D eigenvalue weighted by molar-refractivity contribution is 5.95. The number of carbonyl (C=O) groups excluding carboxylic acids is 1. The third kappa shape index (κ3) is 3.45. The maximum absolute atomic E-state index is 14.3. The number of nitrogens with zero attached hydrogens (tertiary/aromatic N) is 3. The van der Waals surface area contributed by atoms with E-state index in [1.807, 2.05) is 0 Å². The van der Waals surface area contributed by atoms with Crippen LogP contribution in [0.4, 0.5) is 17.6 Å². The van der Waals surface area contributed by atoms with Gasteiger partial charge in [-0.25, -0.2) is 4.68 Å². The number of hydrogen-bond acceptors (Lipinski definition) is 2. The van der Waals surface area contributed by atoms with Crippen LogP contribution in [-0.4, -0.2) is 26.6 Å². The van der Waals surface area contributed by atoms with Crippen molar-refractivity contribution >= 4 is 5.91 Å². The van der Waals surface area contributed by atoms with E-state index in [9.17, 15) is 22.4 Å². The van der Waals surface area contributed by atoms with E-state index in [4.69, 9.17) is 0 Å². The summed E-state index contributed by atoms with van der Waals surface area (Å²) in [5.41, 5.74) is -0.0499. The fourth-order valence-electron chi connectivity index (χ4n) is 3.08. The maximum Gasteiger partial charge on any atom is 0.416 e. The molecule has 1 aromatic carbocycles. The van der Waals surface area contributed by atoms with Crippen LogP contribution in [0, 0.1) is 19.8 Å². The molecule has 1 heterocycles. The topological polar surface area (TPSA) is 38.1 Å². The molecule has 0 aliphatic heterocycles. The molecule has 0 saturated heterocycles. The van der Waals surface area contributed by atoms with E-state index in [1.165, 1.54) is 31.0 Å². The van der Waals surface area contributed by atoms with E-state index >= 15 is 0 Å². The lowest BCUT2D eigenvalue weighted by Crippen LogP contribution is -2.34. The van der Waals surface area contributed by atoms with Crippen LogP contribution in [0.5, 0.6) is 0 Å². The number of alkyl halides is 3. The largest absolute Gasteiger partial charge is 0.416 e. The maximum atomic E-state index is 14.3. The average molecular weight is 369 g/mol. The van der Waals surface area contributed by atoms with Crippen molar-refractivity contribution in [1.82, 2.24) is 14.7 Å². The van der Waals surface area contributed by atoms with Crippen LogP contribution in [0.3, 0.4) is 0 Å². The molecular weight excluding hydrogens is 350 g/mol. The molecule has 1 fully saturated rings. The van der Waals surface area contributed by atoms with Gasteiger partial charge in [0.1, 0.15) is 5.56 Å². The number of benzene rings is 1. The molecule has 0 bridgehead atoms. The zero-order chi connectivity index (χ0) is 19.2. The number of aryl methyl sites for hydroxylation is 3. The predicted molar refractivity (Wildman–Crippen MR) is 87.0 cm³/mol. The second kappa shape index (κ2) is 6.41. The number of carbonyl (C=O) groups is 1. The Hall–Kier alpha value is -2.38. The monoisotopic (exact) mass is 369 g/mol. The van der Waals surface area contributed by atoms with Gasteiger partial charge in [0.15, 0.2) is 0 Å². The molecule has 2 aromatic rings. The highest BCUT2D eigenvalue weighted by Gasteiger charge is 2.39. The van der Waals surface area contributed by atoms with Crippen LogP contribution < -0.4 is 0 Å². The van der Waals surface area contributed by atoms with Gasteiger partial charge in [-0.3, -0.25) is 4.79 Å². The van der Waals surface area contributed by atoms with Crippen molar-refractivity contribution in [2.24, 2.45) is 7.05 Å². The normalized spacial score (nSPS) is 14.6. The fraction of sp³-hybridized carbons (Fsp3) is 0.444. The van der Waals surface area contributed by atoms with Gasteiger partial charge >= 0.3 is 6.18 Å². The van der Waals surface area contributed by atoms with Crippen LogP contribution >= 0.6 is 0 Å². The van der Waals surface area contributed by atoms with Crippen molar-refractivity contribution in [2.75, 3.05) is 0 Å². The van der Waals surface area contributed by atoms with Gasteiger partial charge in [-0.1, -0.05) is 17.7 Å². The zero-order valence-corrected chi connectivity index (χ0v) is 14.7. The molecule has 8 heteroatoms. The lowest BCUT2D eigenvalue weighted by Gasteiger charge is -2.24. The van der Waals surface area contributed by atoms with Crippen molar-refractivity contribution in [2.45, 2.75) is 45.5 Å². The summed E-state index contributed by atoms with van der Waals surface area (Å²) in [5, 5.41) is 3.89. The Labute approximate surface area is 148 Å². The quantitative estimate of drug-likeness (QED) is 0.764. The van der Waals surface area contributed by atoms with Crippen molar-refractivity contribution < 1.29 is 22.4 Å². The molecule has 0 radical (unpaired) electrons. The molecule has 0 spiro atoms. The molecule has 3 rings (SSSR count). The smallest absolute Gasteiger partial charge is 0.331 e. The minimum atomic E-state index is -4.52. The van der Waals surface area contributed by atoms with Crippen LogP contribution in [0.25, 0.3) is 0 Å². The van der Waals surface area contributed by atoms with Crippen molar-refractivity contribution in [3.05, 3.63) is 52.1 Å². The third-order valence-corrected chi connectivity index (χ3v) is 4.52. The Bertz CT molecular complexity index is 853. The second-order valence-corrected chi connectivity index (χ2v) is 6.70. The first-order valence-electron chi connectivity index (χ1n) is 8.26. The van der Waals surface area contributed by atoms with Crippen LogP contribution in [-0.2, 0) is 19.8 Å². The Balaban J connectivity index is 1.98. The third-order valence-electron chi connectivity index (χ3n) is 4.52. The van der Waals surface area contributed by atoms with Gasteiger partial charge < -0.3 is 4.90 Å². The van der Waals surface area contributed by atoms with E-state index in [1.54, 1.807) is 6.92 Å². The summed E-state index contributed by atoms with van der Waals surface area (Å²) in [6.07, 6.45) is -3.13. The summed E-state index contributed by atoms with van der Waals surface area (Å²) in [6.45, 7) is 2.99. The van der Waals surface area contributed by atoms with E-state index in [2.05, 4.69) is 5.10 Å². The number of rotatable bonds is 4. The molecule has 1 aliphatic rings. The summed E-state index contributed by atoms with van der Waals surface area (Å²) in [7, 11) is 1.38. The van der Waals surface area contributed by atoms with E-state index in [0.29, 0.717) is 18.4 Å². The van der Waals surface area contributed by atoms with Gasteiger partial charge in [0.2, 0.25) is 5.95 Å². The minimum absolute atomic E-state index is 0.0136. The number of halogens is 4. The van der Waals surface area contributed by atoms with Gasteiger partial charge in [-0.05, 0) is 38.3 Å². The van der Waals surface area contributed by atoms with Gasteiger partial charge in [-0.15, -0.1) is 0 Å². The summed E-state index contributed by atoms with van der Waals surface area (Å²) >= 11 is 0. The zero-order valence-electron chi connectivity index (χ0n) is 14.7. The van der Waals surface area contributed by atoms with Crippen molar-refractivity contribution in [1.29, 1.82) is 0 Å². The molecule has 0 unspecified atom stereocenters. The predicted octanol–water partition coefficient (Wildman–Crippen LogP) is 4.00. The number of amides is 1. The Morgan fingerprint density at radius 2 is 1.96 bits per heavy atom. The molecule has 1 saturated carbocycles. The highest BCUT2D eigenvalue weighted by atomic mass is 19.4. The van der Waals surface area contributed by atoms with Gasteiger partial charge in [0.05, 0.1) is 11.3 Å². The lowest BCUT2D eigenvalue weighted by molar-refractivity contribution is -0.138. The Morgan fingerprint density at radius 3 is 2.46 bits per heavy atom. The molecule has 1 amide bonds. The first-order valence-corrected chi connectivity index (χ1v) is 8.26. The Morgan fingerprint density at radius 1 is 1.31 bits per heavy atom. The van der Waals surface area contributed by atoms with Crippen molar-refractivity contribution in [3.63, 3.8) is 0 Å². The van der Waals surface area contributed by atoms with Crippen molar-refractivity contribution in [3.8, 4) is 0 Å². The molecule has 140 valence electrons. The lowest BCUT2D eigenvalue weighted by atomic mass is 10.0. The first kappa shape index (κ1) is 18.4. The van der Waals surface area contributed by atoms with Crippen LogP contribution in [0.15, 0.2) is 18.2 Å². The van der Waals surface area contributed by atoms with E-state index < -0.39 is 23.6 Å². The van der Waals surface area contributed by atoms with Gasteiger partial charge in [0.25, 0.3) is 5.91 Å². The van der Waals surface area contributed by atoms with Crippen LogP contribution in [0.1, 0.15) is 45.6 Å². The number of aromatic nitrogens is 2. The average Bonchev–Trinajstić information content (AvgIpc) is 3.32. The molecule has 26 heavy (non-hydrogen) atoms. The van der Waals surface area contributed by atoms with E-state index in [0.717, 1.165) is 10.7 Å². The minimum Gasteiger partial charge on any atom is -0.331 e. The SMILES string of the molecule is Cc1ccc(C(F)(F)F)c(CN(C(=O)c2c(C)nn(C)c2F)C2CC2)c1. The van der Waals surface area contributed by atoms with Gasteiger partial charge in [-0.2, -0.15) is 22.7 Å². The standard InChI is InChI=1S/C18H19F4N3O/c1-10-4-7-14(18(20,21)22)12(8-10)9-25(13-5-6-13)17(26)15-11(2)23-24(3)16(15)19/h4,7-8,13H,5-6,9H2,1-3H3. The molecular formula is C18H19F4N3O. The molecule has 0 N–H and O–H groups in total. The van der Waals surface area contributed by atoms with E-state index in [-0.39, 0.29) is 29.4 Å². The molecule has 4 nitrogen and oxygen atoms in total. The first-order chi connectivity index (χ1) is 12.1. The summed E-state index contributed by atoms with van der Waals surface area (Å²) in [6, 6.07) is 3.66. The molecule has 1 aromatic heterocycles. The summed E-state index contributed by atoms with van der Waals surface area (Å²) < 4.78 is 55.2. The summed E-state index contributed by atoms with van der Waals surface area (Å²) in [4.78, 5) is 14.2. The van der Waals surface area contributed by atoms with Crippen LogP contribution in [0.2, 0.25) is 0 Å². The second-order valence-electron chi connectivity index (χ2n) is 6.70. The van der Waals surface area contributed by atoms with Gasteiger partial charge in [0, 0.05) is 19.6 Å². The highest BCUT2D eigenvalue weighted by Crippen LogP contribution is 2.36. The molecule has 0 atom stereocenters. The number of hydrogen-bond donors (Lipinski definition) is 0. The fourth-order valence-corrected chi connectivity index (χ4v) is 3.08. The summed E-state index contributed by atoms with van der Waals surface area (Å²) in [5.74, 6) is -1.40. The Kier molecular flexibility index (Phi) is 4.54. The molecule has 1 aliphatic carbocycles.